The standard InChI is InChI=1S/C18H26O2/c1-18-9-8-14-13-5-3-12(19)10-11(13)2-4-15(14)16(18)6-7-17(18)20/h10,13-17,20H,2-9H2,1H3/t13-,14-,15-,16+,17?,18+/m1/s1. The molecule has 0 radical (unpaired) electrons. The first-order valence-electron chi connectivity index (χ1n) is 8.51. The molecule has 0 aliphatic heterocycles. The van der Waals surface area contributed by atoms with E-state index < -0.39 is 0 Å². The van der Waals surface area contributed by atoms with E-state index in [9.17, 15) is 9.90 Å². The Kier molecular flexibility index (Phi) is 2.89. The molecule has 0 aromatic rings. The topological polar surface area (TPSA) is 37.3 Å². The van der Waals surface area contributed by atoms with Crippen molar-refractivity contribution in [3.8, 4) is 0 Å². The van der Waals surface area contributed by atoms with Gasteiger partial charge in [-0.3, -0.25) is 4.79 Å². The predicted octanol–water partition coefficient (Wildman–Crippen LogP) is 3.49. The first kappa shape index (κ1) is 13.1. The molecule has 0 heterocycles. The Labute approximate surface area is 121 Å². The van der Waals surface area contributed by atoms with E-state index in [4.69, 9.17) is 0 Å². The zero-order valence-corrected chi connectivity index (χ0v) is 12.5. The fraction of sp³-hybridized carbons (Fsp3) is 0.833. The summed E-state index contributed by atoms with van der Waals surface area (Å²) in [5, 5.41) is 10.4. The molecule has 0 saturated heterocycles. The first-order valence-corrected chi connectivity index (χ1v) is 8.51. The van der Waals surface area contributed by atoms with E-state index in [0.29, 0.717) is 11.7 Å². The fourth-order valence-electron chi connectivity index (χ4n) is 6.15. The lowest BCUT2D eigenvalue weighted by Crippen LogP contribution is -2.47. The third-order valence-electron chi connectivity index (χ3n) is 7.25. The summed E-state index contributed by atoms with van der Waals surface area (Å²) < 4.78 is 0. The summed E-state index contributed by atoms with van der Waals surface area (Å²) in [6.07, 6.45) is 10.9. The van der Waals surface area contributed by atoms with E-state index >= 15 is 0 Å². The number of hydrogen-bond donors (Lipinski definition) is 1. The second-order valence-electron chi connectivity index (χ2n) is 7.94. The summed E-state index contributed by atoms with van der Waals surface area (Å²) in [7, 11) is 0. The fourth-order valence-corrected chi connectivity index (χ4v) is 6.15. The molecular formula is C18H26O2. The SMILES string of the molecule is C[C@]12CC[C@H]3[C@@H](CCC4=CC(=O)CC[C@H]43)[C@@H]1CCC2O. The third-order valence-corrected chi connectivity index (χ3v) is 7.25. The molecule has 0 amide bonds. The lowest BCUT2D eigenvalue weighted by Gasteiger charge is -2.53. The molecule has 110 valence electrons. The van der Waals surface area contributed by atoms with Crippen LogP contribution < -0.4 is 0 Å². The number of fused-ring (bicyclic) bond motifs is 5. The zero-order chi connectivity index (χ0) is 13.9. The van der Waals surface area contributed by atoms with E-state index in [1.54, 1.807) is 0 Å². The van der Waals surface area contributed by atoms with Gasteiger partial charge < -0.3 is 5.11 Å². The van der Waals surface area contributed by atoms with E-state index in [1.807, 2.05) is 6.08 Å². The largest absolute Gasteiger partial charge is 0.393 e. The van der Waals surface area contributed by atoms with Crippen molar-refractivity contribution in [3.05, 3.63) is 11.6 Å². The Morgan fingerprint density at radius 2 is 1.95 bits per heavy atom. The monoisotopic (exact) mass is 274 g/mol. The smallest absolute Gasteiger partial charge is 0.155 e. The van der Waals surface area contributed by atoms with Gasteiger partial charge in [-0.15, -0.1) is 0 Å². The Hall–Kier alpha value is -0.630. The van der Waals surface area contributed by atoms with Crippen LogP contribution in [0.2, 0.25) is 0 Å². The van der Waals surface area contributed by atoms with Crippen LogP contribution in [0.1, 0.15) is 58.3 Å². The minimum Gasteiger partial charge on any atom is -0.393 e. The zero-order valence-electron chi connectivity index (χ0n) is 12.5. The number of rotatable bonds is 0. The average molecular weight is 274 g/mol. The molecule has 1 unspecified atom stereocenters. The van der Waals surface area contributed by atoms with E-state index in [1.165, 1.54) is 31.3 Å². The van der Waals surface area contributed by atoms with Gasteiger partial charge in [0.2, 0.25) is 0 Å². The second-order valence-corrected chi connectivity index (χ2v) is 7.94. The van der Waals surface area contributed by atoms with Gasteiger partial charge in [-0.2, -0.15) is 0 Å². The highest BCUT2D eigenvalue weighted by molar-refractivity contribution is 5.91. The molecule has 6 atom stereocenters. The number of carbonyl (C=O) groups is 1. The second kappa shape index (κ2) is 4.43. The summed E-state index contributed by atoms with van der Waals surface area (Å²) in [6.45, 7) is 2.33. The molecule has 4 aliphatic rings. The lowest BCUT2D eigenvalue weighted by molar-refractivity contribution is -0.116. The minimum absolute atomic E-state index is 0.0710. The summed E-state index contributed by atoms with van der Waals surface area (Å²) in [5.74, 6) is 3.38. The summed E-state index contributed by atoms with van der Waals surface area (Å²) in [4.78, 5) is 11.6. The number of carbonyl (C=O) groups excluding carboxylic acids is 1. The van der Waals surface area contributed by atoms with Crippen molar-refractivity contribution >= 4 is 5.78 Å². The molecule has 3 fully saturated rings. The number of aliphatic hydroxyl groups excluding tert-OH is 1. The van der Waals surface area contributed by atoms with Gasteiger partial charge in [0, 0.05) is 6.42 Å². The van der Waals surface area contributed by atoms with Crippen molar-refractivity contribution in [3.63, 3.8) is 0 Å². The maximum atomic E-state index is 11.6. The van der Waals surface area contributed by atoms with Gasteiger partial charge in [-0.1, -0.05) is 12.5 Å². The Morgan fingerprint density at radius 1 is 1.10 bits per heavy atom. The number of hydrogen-bond acceptors (Lipinski definition) is 2. The van der Waals surface area contributed by atoms with Gasteiger partial charge in [0.25, 0.3) is 0 Å². The third kappa shape index (κ3) is 1.70. The predicted molar refractivity (Wildman–Crippen MR) is 78.1 cm³/mol. The molecule has 2 heteroatoms. The number of allylic oxidation sites excluding steroid dienone is 1. The molecule has 1 N–H and O–H groups in total. The molecule has 0 aromatic heterocycles. The molecule has 4 aliphatic carbocycles. The van der Waals surface area contributed by atoms with Crippen molar-refractivity contribution in [1.82, 2.24) is 0 Å². The van der Waals surface area contributed by atoms with Crippen LogP contribution in [0.4, 0.5) is 0 Å². The van der Waals surface area contributed by atoms with Crippen LogP contribution in [0.5, 0.6) is 0 Å². The van der Waals surface area contributed by atoms with Gasteiger partial charge in [0.15, 0.2) is 5.78 Å². The average Bonchev–Trinajstić information content (AvgIpc) is 2.74. The normalized spacial score (nSPS) is 51.0. The van der Waals surface area contributed by atoms with Crippen LogP contribution in [0, 0.1) is 29.1 Å². The summed E-state index contributed by atoms with van der Waals surface area (Å²) >= 11 is 0. The summed E-state index contributed by atoms with van der Waals surface area (Å²) in [6, 6.07) is 0. The number of aliphatic hydroxyl groups is 1. The van der Waals surface area contributed by atoms with Crippen LogP contribution in [0.15, 0.2) is 11.6 Å². The molecular weight excluding hydrogens is 248 g/mol. The highest BCUT2D eigenvalue weighted by Gasteiger charge is 2.55. The summed E-state index contributed by atoms with van der Waals surface area (Å²) in [5.41, 5.74) is 1.65. The van der Waals surface area contributed by atoms with E-state index in [-0.39, 0.29) is 11.5 Å². The molecule has 4 rings (SSSR count). The Morgan fingerprint density at radius 3 is 2.80 bits per heavy atom. The molecule has 2 nitrogen and oxygen atoms in total. The van der Waals surface area contributed by atoms with Crippen LogP contribution in [-0.4, -0.2) is 17.0 Å². The van der Waals surface area contributed by atoms with Gasteiger partial charge in [0.05, 0.1) is 6.10 Å². The van der Waals surface area contributed by atoms with Gasteiger partial charge in [0.1, 0.15) is 0 Å². The quantitative estimate of drug-likeness (QED) is 0.734. The van der Waals surface area contributed by atoms with Gasteiger partial charge in [-0.25, -0.2) is 0 Å². The molecule has 20 heavy (non-hydrogen) atoms. The van der Waals surface area contributed by atoms with Crippen molar-refractivity contribution in [1.29, 1.82) is 0 Å². The van der Waals surface area contributed by atoms with Crippen LogP contribution in [0.3, 0.4) is 0 Å². The molecule has 0 aromatic carbocycles. The Bertz CT molecular complexity index is 466. The maximum Gasteiger partial charge on any atom is 0.155 e. The number of ketones is 1. The van der Waals surface area contributed by atoms with Crippen molar-refractivity contribution in [2.45, 2.75) is 64.4 Å². The van der Waals surface area contributed by atoms with Crippen molar-refractivity contribution in [2.24, 2.45) is 29.1 Å². The van der Waals surface area contributed by atoms with Gasteiger partial charge in [-0.05, 0) is 80.1 Å². The molecule has 0 bridgehead atoms. The first-order chi connectivity index (χ1) is 9.59. The molecule has 3 saturated carbocycles. The maximum absolute atomic E-state index is 11.6. The molecule has 0 spiro atoms. The van der Waals surface area contributed by atoms with Crippen LogP contribution in [0.25, 0.3) is 0 Å². The highest BCUT2D eigenvalue weighted by atomic mass is 16.3. The van der Waals surface area contributed by atoms with Gasteiger partial charge >= 0.3 is 0 Å². The van der Waals surface area contributed by atoms with Crippen molar-refractivity contribution < 1.29 is 9.90 Å². The minimum atomic E-state index is -0.0710. The van der Waals surface area contributed by atoms with Crippen LogP contribution >= 0.6 is 0 Å². The Balaban J connectivity index is 1.63. The lowest BCUT2D eigenvalue weighted by atomic mass is 9.52. The highest BCUT2D eigenvalue weighted by Crippen LogP contribution is 2.61. The van der Waals surface area contributed by atoms with Crippen LogP contribution in [-0.2, 0) is 4.79 Å². The van der Waals surface area contributed by atoms with Crippen molar-refractivity contribution in [2.75, 3.05) is 0 Å². The van der Waals surface area contributed by atoms with E-state index in [0.717, 1.165) is 43.4 Å². The van der Waals surface area contributed by atoms with E-state index in [2.05, 4.69) is 6.92 Å².